The summed E-state index contributed by atoms with van der Waals surface area (Å²) in [5, 5.41) is 21.1. The number of rotatable bonds is 6. The van der Waals surface area contributed by atoms with Gasteiger partial charge in [-0.05, 0) is 37.1 Å². The van der Waals surface area contributed by atoms with Crippen LogP contribution in [0.5, 0.6) is 0 Å². The maximum atomic E-state index is 5.74. The molecule has 2 aromatic heterocycles. The summed E-state index contributed by atoms with van der Waals surface area (Å²) in [4.78, 5) is 0. The van der Waals surface area contributed by atoms with Gasteiger partial charge < -0.3 is 9.73 Å². The molecule has 3 aromatic rings. The zero-order valence-corrected chi connectivity index (χ0v) is 17.2. The van der Waals surface area contributed by atoms with Crippen molar-refractivity contribution in [3.05, 3.63) is 34.6 Å². The summed E-state index contributed by atoms with van der Waals surface area (Å²) < 4.78 is 7.67. The summed E-state index contributed by atoms with van der Waals surface area (Å²) >= 11 is 6.57. The summed E-state index contributed by atoms with van der Waals surface area (Å²) in [6.45, 7) is 0. The van der Waals surface area contributed by atoms with Crippen LogP contribution in [-0.2, 0) is 5.75 Å². The third kappa shape index (κ3) is 4.63. The van der Waals surface area contributed by atoms with Crippen molar-refractivity contribution in [2.24, 2.45) is 0 Å². The Labute approximate surface area is 168 Å². The zero-order chi connectivity index (χ0) is 17.8. The molecule has 1 fully saturated rings. The van der Waals surface area contributed by atoms with Gasteiger partial charge >= 0.3 is 0 Å². The van der Waals surface area contributed by atoms with E-state index >= 15 is 0 Å². The highest BCUT2D eigenvalue weighted by molar-refractivity contribution is 9.10. The van der Waals surface area contributed by atoms with Crippen LogP contribution in [0, 0.1) is 0 Å². The second kappa shape index (κ2) is 8.49. The highest BCUT2D eigenvalue weighted by atomic mass is 79.9. The van der Waals surface area contributed by atoms with Crippen molar-refractivity contribution in [2.45, 2.75) is 48.2 Å². The van der Waals surface area contributed by atoms with Crippen LogP contribution in [0.1, 0.15) is 38.0 Å². The normalized spacial score (nSPS) is 15.3. The number of halogens is 1. The van der Waals surface area contributed by atoms with E-state index in [1.165, 1.54) is 32.1 Å². The van der Waals surface area contributed by atoms with E-state index < -0.39 is 0 Å². The van der Waals surface area contributed by atoms with Crippen LogP contribution in [0.25, 0.3) is 11.5 Å². The van der Waals surface area contributed by atoms with Crippen LogP contribution in [0.2, 0.25) is 0 Å². The predicted molar refractivity (Wildman–Crippen MR) is 107 cm³/mol. The molecular formula is C17H18BrN5OS2. The van der Waals surface area contributed by atoms with Gasteiger partial charge in [0.2, 0.25) is 16.9 Å². The number of hydrogen-bond acceptors (Lipinski definition) is 8. The monoisotopic (exact) mass is 451 g/mol. The minimum Gasteiger partial charge on any atom is -0.420 e. The van der Waals surface area contributed by atoms with Gasteiger partial charge in [0, 0.05) is 16.1 Å². The first kappa shape index (κ1) is 17.9. The molecule has 9 heteroatoms. The van der Waals surface area contributed by atoms with Crippen LogP contribution in [0.4, 0.5) is 5.13 Å². The Balaban J connectivity index is 1.32. The first-order valence-corrected chi connectivity index (χ1v) is 11.2. The second-order valence-electron chi connectivity index (χ2n) is 6.15. The number of nitrogens with one attached hydrogen (secondary N) is 1. The maximum Gasteiger partial charge on any atom is 0.247 e. The molecule has 0 spiro atoms. The third-order valence-corrected chi connectivity index (χ3v) is 6.72. The van der Waals surface area contributed by atoms with E-state index in [1.54, 1.807) is 23.1 Å². The van der Waals surface area contributed by atoms with E-state index in [1.807, 2.05) is 24.3 Å². The topological polar surface area (TPSA) is 76.7 Å². The molecule has 0 bridgehead atoms. The van der Waals surface area contributed by atoms with E-state index in [4.69, 9.17) is 4.42 Å². The van der Waals surface area contributed by atoms with Crippen molar-refractivity contribution >= 4 is 44.2 Å². The number of hydrogen-bond donors (Lipinski definition) is 1. The second-order valence-corrected chi connectivity index (χ2v) is 9.26. The largest absolute Gasteiger partial charge is 0.420 e. The van der Waals surface area contributed by atoms with Crippen LogP contribution in [-0.4, -0.2) is 26.4 Å². The summed E-state index contributed by atoms with van der Waals surface area (Å²) in [5.74, 6) is 1.71. The van der Waals surface area contributed by atoms with Crippen molar-refractivity contribution in [1.82, 2.24) is 20.4 Å². The molecule has 1 saturated carbocycles. The van der Waals surface area contributed by atoms with E-state index in [-0.39, 0.29) is 0 Å². The van der Waals surface area contributed by atoms with Gasteiger partial charge in [0.1, 0.15) is 0 Å². The highest BCUT2D eigenvalue weighted by Crippen LogP contribution is 2.30. The lowest BCUT2D eigenvalue weighted by molar-refractivity contribution is 0.462. The number of thioether (sulfide) groups is 1. The third-order valence-electron chi connectivity index (χ3n) is 4.22. The van der Waals surface area contributed by atoms with E-state index in [0.717, 1.165) is 19.5 Å². The Morgan fingerprint density at radius 3 is 2.69 bits per heavy atom. The minimum absolute atomic E-state index is 0.532. The van der Waals surface area contributed by atoms with Gasteiger partial charge in [-0.1, -0.05) is 58.3 Å². The van der Waals surface area contributed by atoms with Crippen LogP contribution in [0.3, 0.4) is 0 Å². The van der Waals surface area contributed by atoms with Crippen molar-refractivity contribution in [3.63, 3.8) is 0 Å². The van der Waals surface area contributed by atoms with Gasteiger partial charge in [-0.2, -0.15) is 0 Å². The molecule has 6 nitrogen and oxygen atoms in total. The van der Waals surface area contributed by atoms with Gasteiger partial charge in [-0.25, -0.2) is 0 Å². The molecule has 1 aliphatic rings. The zero-order valence-electron chi connectivity index (χ0n) is 14.0. The van der Waals surface area contributed by atoms with Gasteiger partial charge in [-0.3, -0.25) is 0 Å². The smallest absolute Gasteiger partial charge is 0.247 e. The highest BCUT2D eigenvalue weighted by Gasteiger charge is 2.16. The molecule has 0 atom stereocenters. The molecule has 1 aliphatic carbocycles. The van der Waals surface area contributed by atoms with Gasteiger partial charge in [0.15, 0.2) is 4.34 Å². The van der Waals surface area contributed by atoms with E-state index in [2.05, 4.69) is 41.6 Å². The number of aromatic nitrogens is 4. The lowest BCUT2D eigenvalue weighted by Gasteiger charge is -2.21. The van der Waals surface area contributed by atoms with Gasteiger partial charge in [0.25, 0.3) is 0 Å². The molecule has 0 aliphatic heterocycles. The van der Waals surface area contributed by atoms with Crippen molar-refractivity contribution in [3.8, 4) is 11.5 Å². The van der Waals surface area contributed by atoms with Gasteiger partial charge in [0.05, 0.1) is 5.75 Å². The van der Waals surface area contributed by atoms with Crippen molar-refractivity contribution < 1.29 is 4.42 Å². The molecule has 2 heterocycles. The molecule has 136 valence electrons. The number of nitrogens with zero attached hydrogens (tertiary/aromatic N) is 4. The number of benzene rings is 1. The van der Waals surface area contributed by atoms with E-state index in [9.17, 15) is 0 Å². The van der Waals surface area contributed by atoms with Crippen LogP contribution < -0.4 is 5.32 Å². The lowest BCUT2D eigenvalue weighted by atomic mass is 9.96. The average molecular weight is 452 g/mol. The van der Waals surface area contributed by atoms with Crippen molar-refractivity contribution in [1.29, 1.82) is 0 Å². The standard InChI is InChI=1S/C17H18BrN5OS2/c18-12-8-6-11(7-9-12)15-21-20-14(24-15)10-25-17-23-22-16(26-17)19-13-4-2-1-3-5-13/h6-9,13H,1-5,10H2,(H,19,22). The summed E-state index contributed by atoms with van der Waals surface area (Å²) in [6, 6.07) is 8.34. The first-order valence-electron chi connectivity index (χ1n) is 8.57. The maximum absolute atomic E-state index is 5.74. The summed E-state index contributed by atoms with van der Waals surface area (Å²) in [7, 11) is 0. The lowest BCUT2D eigenvalue weighted by Crippen LogP contribution is -2.21. The fourth-order valence-corrected chi connectivity index (χ4v) is 4.82. The average Bonchev–Trinajstić information content (AvgIpc) is 3.31. The minimum atomic E-state index is 0.532. The Morgan fingerprint density at radius 2 is 1.88 bits per heavy atom. The Morgan fingerprint density at radius 1 is 1.08 bits per heavy atom. The number of anilines is 1. The molecular weight excluding hydrogens is 434 g/mol. The Bertz CT molecular complexity index is 845. The molecule has 0 amide bonds. The fraction of sp³-hybridized carbons (Fsp3) is 0.412. The van der Waals surface area contributed by atoms with Gasteiger partial charge in [-0.15, -0.1) is 20.4 Å². The van der Waals surface area contributed by atoms with E-state index in [0.29, 0.717) is 23.6 Å². The molecule has 26 heavy (non-hydrogen) atoms. The molecule has 0 radical (unpaired) electrons. The molecule has 4 rings (SSSR count). The Kier molecular flexibility index (Phi) is 5.86. The fourth-order valence-electron chi connectivity index (χ4n) is 2.89. The van der Waals surface area contributed by atoms with Crippen LogP contribution >= 0.6 is 39.0 Å². The molecule has 1 aromatic carbocycles. The summed E-state index contributed by atoms with van der Waals surface area (Å²) in [6.07, 6.45) is 6.40. The molecule has 0 unspecified atom stereocenters. The van der Waals surface area contributed by atoms with Crippen molar-refractivity contribution in [2.75, 3.05) is 5.32 Å². The quantitative estimate of drug-likeness (QED) is 0.503. The Hall–Kier alpha value is -1.45. The van der Waals surface area contributed by atoms with Crippen LogP contribution in [0.15, 0.2) is 37.5 Å². The molecule has 0 saturated heterocycles. The first-order chi connectivity index (χ1) is 12.8. The SMILES string of the molecule is Brc1ccc(-c2nnc(CSc3nnc(NC4CCCCC4)s3)o2)cc1. The summed E-state index contributed by atoms with van der Waals surface area (Å²) in [5.41, 5.74) is 0.909. The predicted octanol–water partition coefficient (Wildman–Crippen LogP) is 5.39. The molecule has 1 N–H and O–H groups in total.